The molecule has 0 radical (unpaired) electrons. The minimum atomic E-state index is 0.0491. The van der Waals surface area contributed by atoms with E-state index in [1.165, 1.54) is 6.34 Å². The second-order valence-corrected chi connectivity index (χ2v) is 2.84. The summed E-state index contributed by atoms with van der Waals surface area (Å²) in [6.45, 7) is 1.96. The van der Waals surface area contributed by atoms with Crippen molar-refractivity contribution in [3.05, 3.63) is 17.8 Å². The lowest BCUT2D eigenvalue weighted by molar-refractivity contribution is 0.412. The van der Waals surface area contributed by atoms with E-state index in [0.29, 0.717) is 5.82 Å². The SMILES string of the molecule is CC(c1ccnnc1N)N(C)C=N. The summed E-state index contributed by atoms with van der Waals surface area (Å²) in [7, 11) is 1.82. The Morgan fingerprint density at radius 1 is 1.69 bits per heavy atom. The van der Waals surface area contributed by atoms with Crippen LogP contribution in [0.2, 0.25) is 0 Å². The van der Waals surface area contributed by atoms with Crippen LogP contribution in [0.25, 0.3) is 0 Å². The molecule has 0 fully saturated rings. The Bertz CT molecular complexity index is 298. The highest BCUT2D eigenvalue weighted by Gasteiger charge is 2.12. The van der Waals surface area contributed by atoms with Crippen LogP contribution in [0.15, 0.2) is 12.3 Å². The van der Waals surface area contributed by atoms with Crippen LogP contribution >= 0.6 is 0 Å². The number of anilines is 1. The van der Waals surface area contributed by atoms with E-state index in [9.17, 15) is 0 Å². The molecule has 1 rings (SSSR count). The molecule has 0 amide bonds. The van der Waals surface area contributed by atoms with Crippen LogP contribution in [0.4, 0.5) is 5.82 Å². The van der Waals surface area contributed by atoms with E-state index in [0.717, 1.165) is 5.56 Å². The maximum Gasteiger partial charge on any atom is 0.151 e. The fraction of sp³-hybridized carbons (Fsp3) is 0.375. The Morgan fingerprint density at radius 3 is 2.92 bits per heavy atom. The van der Waals surface area contributed by atoms with Gasteiger partial charge in [-0.1, -0.05) is 0 Å². The summed E-state index contributed by atoms with van der Waals surface area (Å²) in [6, 6.07) is 1.86. The molecule has 1 aromatic rings. The predicted octanol–water partition coefficient (Wildman–Crippen LogP) is 0.659. The van der Waals surface area contributed by atoms with Gasteiger partial charge in [-0.2, -0.15) is 5.10 Å². The number of aromatic nitrogens is 2. The molecule has 0 aliphatic carbocycles. The van der Waals surface area contributed by atoms with Crippen LogP contribution in [0.5, 0.6) is 0 Å². The summed E-state index contributed by atoms with van der Waals surface area (Å²) in [6.07, 6.45) is 2.85. The van der Waals surface area contributed by atoms with Crippen LogP contribution in [0.1, 0.15) is 18.5 Å². The third-order valence-electron chi connectivity index (χ3n) is 2.05. The maximum atomic E-state index is 7.08. The molecule has 5 nitrogen and oxygen atoms in total. The van der Waals surface area contributed by atoms with Crippen molar-refractivity contribution in [3.8, 4) is 0 Å². The van der Waals surface area contributed by atoms with Gasteiger partial charge in [0, 0.05) is 12.6 Å². The fourth-order valence-electron chi connectivity index (χ4n) is 1.04. The van der Waals surface area contributed by atoms with Gasteiger partial charge in [-0.3, -0.25) is 5.41 Å². The molecule has 3 N–H and O–H groups in total. The molecule has 0 saturated carbocycles. The summed E-state index contributed by atoms with van der Waals surface area (Å²) in [4.78, 5) is 1.74. The summed E-state index contributed by atoms with van der Waals surface area (Å²) in [5, 5.41) is 14.5. The Balaban J connectivity index is 2.94. The number of rotatable bonds is 3. The Kier molecular flexibility index (Phi) is 2.79. The van der Waals surface area contributed by atoms with Crippen molar-refractivity contribution in [2.24, 2.45) is 0 Å². The van der Waals surface area contributed by atoms with E-state index >= 15 is 0 Å². The molecule has 1 atom stereocenters. The molecule has 5 heteroatoms. The summed E-state index contributed by atoms with van der Waals surface area (Å²) in [5.41, 5.74) is 6.53. The van der Waals surface area contributed by atoms with Crippen molar-refractivity contribution >= 4 is 12.2 Å². The van der Waals surface area contributed by atoms with Crippen LogP contribution in [-0.2, 0) is 0 Å². The second kappa shape index (κ2) is 3.84. The highest BCUT2D eigenvalue weighted by Crippen LogP contribution is 2.20. The largest absolute Gasteiger partial charge is 0.382 e. The third kappa shape index (κ3) is 1.93. The fourth-order valence-corrected chi connectivity index (χ4v) is 1.04. The topological polar surface area (TPSA) is 78.9 Å². The van der Waals surface area contributed by atoms with Crippen molar-refractivity contribution < 1.29 is 0 Å². The van der Waals surface area contributed by atoms with Crippen LogP contribution in [-0.4, -0.2) is 28.5 Å². The standard InChI is InChI=1S/C8H13N5/c1-6(13(2)5-9)7-3-4-11-12-8(7)10/h3-6,9H,1-2H3,(H2,10,12). The van der Waals surface area contributed by atoms with Gasteiger partial charge in [0.2, 0.25) is 0 Å². The molecule has 1 aromatic heterocycles. The first-order valence-corrected chi connectivity index (χ1v) is 3.96. The van der Waals surface area contributed by atoms with Gasteiger partial charge in [0.05, 0.1) is 18.6 Å². The lowest BCUT2D eigenvalue weighted by atomic mass is 10.1. The molecule has 0 bridgehead atoms. The Labute approximate surface area is 77.1 Å². The summed E-state index contributed by atoms with van der Waals surface area (Å²) >= 11 is 0. The van der Waals surface area contributed by atoms with E-state index in [2.05, 4.69) is 10.2 Å². The number of hydrogen-bond acceptors (Lipinski definition) is 4. The van der Waals surface area contributed by atoms with Crippen LogP contribution in [0.3, 0.4) is 0 Å². The van der Waals surface area contributed by atoms with Gasteiger partial charge in [-0.15, -0.1) is 5.10 Å². The summed E-state index contributed by atoms with van der Waals surface area (Å²) in [5.74, 6) is 0.420. The number of nitrogen functional groups attached to an aromatic ring is 1. The maximum absolute atomic E-state index is 7.08. The second-order valence-electron chi connectivity index (χ2n) is 2.84. The lowest BCUT2D eigenvalue weighted by Crippen LogP contribution is -2.21. The number of nitrogens with one attached hydrogen (secondary N) is 1. The smallest absolute Gasteiger partial charge is 0.151 e. The minimum Gasteiger partial charge on any atom is -0.382 e. The minimum absolute atomic E-state index is 0.0491. The molecule has 0 saturated heterocycles. The molecule has 70 valence electrons. The predicted molar refractivity (Wildman–Crippen MR) is 51.4 cm³/mol. The third-order valence-corrected chi connectivity index (χ3v) is 2.05. The van der Waals surface area contributed by atoms with Crippen molar-refractivity contribution in [2.45, 2.75) is 13.0 Å². The average molecular weight is 179 g/mol. The molecule has 1 heterocycles. The number of nitrogens with zero attached hydrogens (tertiary/aromatic N) is 3. The average Bonchev–Trinajstić information content (AvgIpc) is 2.16. The van der Waals surface area contributed by atoms with Crippen molar-refractivity contribution in [2.75, 3.05) is 12.8 Å². The zero-order valence-electron chi connectivity index (χ0n) is 7.73. The molecule has 1 unspecified atom stereocenters. The monoisotopic (exact) mass is 179 g/mol. The summed E-state index contributed by atoms with van der Waals surface area (Å²) < 4.78 is 0. The zero-order valence-corrected chi connectivity index (χ0v) is 7.73. The first kappa shape index (κ1) is 9.44. The van der Waals surface area contributed by atoms with Gasteiger partial charge in [0.25, 0.3) is 0 Å². The van der Waals surface area contributed by atoms with E-state index < -0.39 is 0 Å². The van der Waals surface area contributed by atoms with Gasteiger partial charge in [-0.25, -0.2) is 0 Å². The van der Waals surface area contributed by atoms with Crippen LogP contribution in [0, 0.1) is 5.41 Å². The molecule has 13 heavy (non-hydrogen) atoms. The van der Waals surface area contributed by atoms with Crippen LogP contribution < -0.4 is 5.73 Å². The van der Waals surface area contributed by atoms with Gasteiger partial charge in [0.1, 0.15) is 0 Å². The number of hydrogen-bond donors (Lipinski definition) is 2. The van der Waals surface area contributed by atoms with Crippen molar-refractivity contribution in [3.63, 3.8) is 0 Å². The van der Waals surface area contributed by atoms with Gasteiger partial charge in [-0.05, 0) is 13.0 Å². The van der Waals surface area contributed by atoms with E-state index in [1.54, 1.807) is 11.1 Å². The van der Waals surface area contributed by atoms with E-state index in [1.807, 2.05) is 20.0 Å². The first-order valence-electron chi connectivity index (χ1n) is 3.96. The Morgan fingerprint density at radius 2 is 2.38 bits per heavy atom. The van der Waals surface area contributed by atoms with Crippen molar-refractivity contribution in [1.82, 2.24) is 15.1 Å². The normalized spacial score (nSPS) is 12.2. The molecule has 0 aliphatic rings. The van der Waals surface area contributed by atoms with Gasteiger partial charge >= 0.3 is 0 Å². The first-order chi connectivity index (χ1) is 6.16. The molecular weight excluding hydrogens is 166 g/mol. The Hall–Kier alpha value is -1.65. The van der Waals surface area contributed by atoms with Crippen molar-refractivity contribution in [1.29, 1.82) is 5.41 Å². The quantitative estimate of drug-likeness (QED) is 0.527. The highest BCUT2D eigenvalue weighted by molar-refractivity contribution is 5.52. The molecule has 0 aliphatic heterocycles. The van der Waals surface area contributed by atoms with Gasteiger partial charge < -0.3 is 10.6 Å². The van der Waals surface area contributed by atoms with E-state index in [4.69, 9.17) is 11.1 Å². The molecule has 0 aromatic carbocycles. The number of nitrogens with two attached hydrogens (primary N) is 1. The highest BCUT2D eigenvalue weighted by atomic mass is 15.2. The molecular formula is C8H13N5. The van der Waals surface area contributed by atoms with Gasteiger partial charge in [0.15, 0.2) is 5.82 Å². The molecule has 0 spiro atoms. The zero-order chi connectivity index (χ0) is 9.84. The lowest BCUT2D eigenvalue weighted by Gasteiger charge is -2.22. The van der Waals surface area contributed by atoms with E-state index in [-0.39, 0.29) is 6.04 Å².